The van der Waals surface area contributed by atoms with Crippen molar-refractivity contribution < 1.29 is 8.78 Å². The topological polar surface area (TPSA) is 41.6 Å². The van der Waals surface area contributed by atoms with Crippen LogP contribution in [0.25, 0.3) is 0 Å². The predicted octanol–water partition coefficient (Wildman–Crippen LogP) is 1.93. The van der Waals surface area contributed by atoms with E-state index < -0.39 is 11.6 Å². The van der Waals surface area contributed by atoms with Crippen LogP contribution in [0, 0.1) is 11.6 Å². The fourth-order valence-electron chi connectivity index (χ4n) is 2.33. The van der Waals surface area contributed by atoms with Crippen molar-refractivity contribution in [1.29, 1.82) is 0 Å². The Kier molecular flexibility index (Phi) is 3.95. The smallest absolute Gasteiger partial charge is 0.126 e. The quantitative estimate of drug-likeness (QED) is 0.830. The first-order chi connectivity index (χ1) is 9.01. The fourth-order valence-corrected chi connectivity index (χ4v) is 2.33. The molecule has 102 valence electrons. The van der Waals surface area contributed by atoms with Gasteiger partial charge in [0.05, 0.1) is 5.71 Å². The van der Waals surface area contributed by atoms with Crippen LogP contribution < -0.4 is 5.73 Å². The summed E-state index contributed by atoms with van der Waals surface area (Å²) >= 11 is 0. The van der Waals surface area contributed by atoms with Gasteiger partial charge in [-0.3, -0.25) is 4.99 Å². The summed E-state index contributed by atoms with van der Waals surface area (Å²) in [5.74, 6) is -1.22. The fraction of sp³-hybridized carbons (Fsp3) is 0.357. The average molecular weight is 265 g/mol. The molecule has 0 amide bonds. The van der Waals surface area contributed by atoms with Crippen molar-refractivity contribution in [2.24, 2.45) is 10.7 Å². The van der Waals surface area contributed by atoms with Gasteiger partial charge in [0.2, 0.25) is 0 Å². The van der Waals surface area contributed by atoms with Gasteiger partial charge in [0.15, 0.2) is 0 Å². The Morgan fingerprint density at radius 1 is 1.26 bits per heavy atom. The normalized spacial score (nSPS) is 18.0. The molecule has 1 aromatic rings. The molecule has 0 aliphatic carbocycles. The van der Waals surface area contributed by atoms with Crippen LogP contribution in [0.5, 0.6) is 0 Å². The van der Waals surface area contributed by atoms with Gasteiger partial charge in [0.25, 0.3) is 0 Å². The van der Waals surface area contributed by atoms with Crippen molar-refractivity contribution in [2.75, 3.05) is 27.2 Å². The van der Waals surface area contributed by atoms with E-state index in [1.54, 1.807) is 7.05 Å². The van der Waals surface area contributed by atoms with E-state index in [0.29, 0.717) is 23.5 Å². The molecule has 0 saturated heterocycles. The van der Waals surface area contributed by atoms with E-state index >= 15 is 0 Å². The molecule has 5 heteroatoms. The molecular weight excluding hydrogens is 248 g/mol. The molecule has 0 unspecified atom stereocenters. The minimum Gasteiger partial charge on any atom is -0.401 e. The van der Waals surface area contributed by atoms with Crippen LogP contribution in [0.2, 0.25) is 0 Å². The van der Waals surface area contributed by atoms with Crippen molar-refractivity contribution in [2.45, 2.75) is 6.42 Å². The minimum atomic E-state index is -0.608. The molecule has 3 nitrogen and oxygen atoms in total. The van der Waals surface area contributed by atoms with Gasteiger partial charge in [-0.2, -0.15) is 0 Å². The van der Waals surface area contributed by atoms with Gasteiger partial charge in [0, 0.05) is 37.5 Å². The molecule has 2 rings (SSSR count). The van der Waals surface area contributed by atoms with E-state index in [0.717, 1.165) is 24.6 Å². The molecule has 0 atom stereocenters. The maximum Gasteiger partial charge on any atom is 0.126 e. The summed E-state index contributed by atoms with van der Waals surface area (Å²) in [5.41, 5.74) is 8.62. The third-order valence-corrected chi connectivity index (χ3v) is 3.22. The van der Waals surface area contributed by atoms with Crippen LogP contribution >= 0.6 is 0 Å². The van der Waals surface area contributed by atoms with Crippen LogP contribution in [0.15, 0.2) is 34.5 Å². The average Bonchev–Trinajstić information content (AvgIpc) is 2.31. The van der Waals surface area contributed by atoms with E-state index in [4.69, 9.17) is 5.73 Å². The molecule has 1 aliphatic rings. The number of benzene rings is 1. The Hall–Kier alpha value is -1.75. The highest BCUT2D eigenvalue weighted by molar-refractivity contribution is 6.13. The van der Waals surface area contributed by atoms with Crippen molar-refractivity contribution >= 4 is 5.71 Å². The molecule has 19 heavy (non-hydrogen) atoms. The summed E-state index contributed by atoms with van der Waals surface area (Å²) < 4.78 is 26.6. The van der Waals surface area contributed by atoms with Crippen LogP contribution in [0.3, 0.4) is 0 Å². The van der Waals surface area contributed by atoms with Crippen LogP contribution in [-0.4, -0.2) is 37.8 Å². The van der Waals surface area contributed by atoms with Gasteiger partial charge in [-0.15, -0.1) is 0 Å². The predicted molar refractivity (Wildman–Crippen MR) is 72.1 cm³/mol. The number of hydrogen-bond acceptors (Lipinski definition) is 3. The minimum absolute atomic E-state index is 0.433. The van der Waals surface area contributed by atoms with Gasteiger partial charge in [-0.1, -0.05) is 0 Å². The Morgan fingerprint density at radius 2 is 1.89 bits per heavy atom. The summed E-state index contributed by atoms with van der Waals surface area (Å²) in [6.07, 6.45) is 0.729. The molecule has 0 radical (unpaired) electrons. The van der Waals surface area contributed by atoms with Crippen LogP contribution in [0.1, 0.15) is 12.0 Å². The van der Waals surface area contributed by atoms with E-state index in [2.05, 4.69) is 9.89 Å². The lowest BCUT2D eigenvalue weighted by Gasteiger charge is -2.26. The molecule has 0 fully saturated rings. The lowest BCUT2D eigenvalue weighted by molar-refractivity contribution is 0.350. The number of hydrogen-bond donors (Lipinski definition) is 1. The van der Waals surface area contributed by atoms with Crippen molar-refractivity contribution in [3.05, 3.63) is 46.7 Å². The lowest BCUT2D eigenvalue weighted by Crippen LogP contribution is -2.33. The Morgan fingerprint density at radius 3 is 2.42 bits per heavy atom. The molecular formula is C14H17F2N3. The molecule has 1 aromatic carbocycles. The van der Waals surface area contributed by atoms with E-state index in [9.17, 15) is 8.78 Å². The zero-order chi connectivity index (χ0) is 14.0. The lowest BCUT2D eigenvalue weighted by atomic mass is 9.95. The third-order valence-electron chi connectivity index (χ3n) is 3.22. The Balaban J connectivity index is 2.43. The van der Waals surface area contributed by atoms with Crippen LogP contribution in [0.4, 0.5) is 8.78 Å². The number of likely N-dealkylation sites (N-methyl/N-ethyl adjacent to an activating group) is 1. The highest BCUT2D eigenvalue weighted by Crippen LogP contribution is 2.21. The van der Waals surface area contributed by atoms with Crippen LogP contribution in [-0.2, 0) is 0 Å². The Labute approximate surface area is 111 Å². The molecule has 1 aliphatic heterocycles. The highest BCUT2D eigenvalue weighted by Gasteiger charge is 2.20. The van der Waals surface area contributed by atoms with Gasteiger partial charge < -0.3 is 10.6 Å². The second-order valence-electron chi connectivity index (χ2n) is 4.72. The zero-order valence-corrected chi connectivity index (χ0v) is 11.1. The summed E-state index contributed by atoms with van der Waals surface area (Å²) in [7, 11) is 3.59. The molecule has 0 saturated carbocycles. The maximum absolute atomic E-state index is 13.3. The van der Waals surface area contributed by atoms with E-state index in [-0.39, 0.29) is 0 Å². The van der Waals surface area contributed by atoms with Gasteiger partial charge in [-0.25, -0.2) is 8.78 Å². The molecule has 2 N–H and O–H groups in total. The van der Waals surface area contributed by atoms with Crippen molar-refractivity contribution in [3.63, 3.8) is 0 Å². The first-order valence-electron chi connectivity index (χ1n) is 6.11. The van der Waals surface area contributed by atoms with Gasteiger partial charge in [0.1, 0.15) is 11.6 Å². The van der Waals surface area contributed by atoms with E-state index in [1.165, 1.54) is 12.1 Å². The monoisotopic (exact) mass is 265 g/mol. The second-order valence-corrected chi connectivity index (χ2v) is 4.72. The standard InChI is InChI=1S/C14H17F2N3/c1-18-14(9-5-10(15)7-11(16)6-9)12-3-4-19(2)8-13(12)17/h5-7H,3-4,8,17H2,1-2H3. The van der Waals surface area contributed by atoms with Gasteiger partial charge in [-0.05, 0) is 31.2 Å². The SMILES string of the molecule is CN=C(C1=C(N)CN(C)CC1)c1cc(F)cc(F)c1. The number of rotatable bonds is 2. The van der Waals surface area contributed by atoms with Crippen molar-refractivity contribution in [3.8, 4) is 0 Å². The molecule has 0 aromatic heterocycles. The summed E-state index contributed by atoms with van der Waals surface area (Å²) in [4.78, 5) is 6.26. The number of nitrogens with zero attached hydrogens (tertiary/aromatic N) is 2. The third kappa shape index (κ3) is 2.98. The van der Waals surface area contributed by atoms with E-state index in [1.807, 2.05) is 7.05 Å². The Bertz CT molecular complexity index is 529. The number of nitrogens with two attached hydrogens (primary N) is 1. The highest BCUT2D eigenvalue weighted by atomic mass is 19.1. The molecule has 0 spiro atoms. The summed E-state index contributed by atoms with van der Waals surface area (Å²) in [6, 6.07) is 3.41. The van der Waals surface area contributed by atoms with Crippen molar-refractivity contribution in [1.82, 2.24) is 4.90 Å². The zero-order valence-electron chi connectivity index (χ0n) is 11.1. The van der Waals surface area contributed by atoms with Gasteiger partial charge >= 0.3 is 0 Å². The first-order valence-corrected chi connectivity index (χ1v) is 6.11. The summed E-state index contributed by atoms with van der Waals surface area (Å²) in [5, 5.41) is 0. The molecule has 1 heterocycles. The summed E-state index contributed by atoms with van der Waals surface area (Å²) in [6.45, 7) is 1.50. The largest absolute Gasteiger partial charge is 0.401 e. The number of aliphatic imine (C=N–C) groups is 1. The second kappa shape index (κ2) is 5.48. The first kappa shape index (κ1) is 13.7. The molecule has 0 bridgehead atoms. The number of halogens is 2. The maximum atomic E-state index is 13.3.